The molecule has 0 fully saturated rings. The molecule has 0 saturated heterocycles. The highest BCUT2D eigenvalue weighted by Crippen LogP contribution is 2.13. The maximum Gasteiger partial charge on any atom is 0.257 e. The molecule has 24 heavy (non-hydrogen) atoms. The number of unbranched alkanes of at least 4 members (excludes halogenated alkanes) is 1. The van der Waals surface area contributed by atoms with E-state index in [-0.39, 0.29) is 11.0 Å². The molecule has 0 spiro atoms. The molecule has 2 aromatic carbocycles. The van der Waals surface area contributed by atoms with Crippen molar-refractivity contribution in [1.29, 1.82) is 0 Å². The van der Waals surface area contributed by atoms with Crippen molar-refractivity contribution in [2.24, 2.45) is 0 Å². The Labute approximate surface area is 148 Å². The molecule has 0 saturated carbocycles. The average Bonchev–Trinajstić information content (AvgIpc) is 2.61. The van der Waals surface area contributed by atoms with E-state index >= 15 is 0 Å². The molecule has 2 rings (SSSR count). The van der Waals surface area contributed by atoms with Crippen molar-refractivity contribution in [2.75, 3.05) is 12.4 Å². The first kappa shape index (κ1) is 17.9. The molecule has 0 unspecified atom stereocenters. The number of ether oxygens (including phenoxy) is 1. The highest BCUT2D eigenvalue weighted by Gasteiger charge is 2.09. The summed E-state index contributed by atoms with van der Waals surface area (Å²) in [5, 5.41) is 5.96. The van der Waals surface area contributed by atoms with E-state index in [1.165, 1.54) is 18.4 Å². The summed E-state index contributed by atoms with van der Waals surface area (Å²) < 4.78 is 5.12. The zero-order chi connectivity index (χ0) is 17.4. The summed E-state index contributed by atoms with van der Waals surface area (Å²) in [6.45, 7) is 2.18. The lowest BCUT2D eigenvalue weighted by molar-refractivity contribution is 0.0977. The van der Waals surface area contributed by atoms with Gasteiger partial charge in [0.2, 0.25) is 0 Å². The third-order valence-corrected chi connectivity index (χ3v) is 3.79. The molecular formula is C19H22N2O2S. The molecule has 2 N–H and O–H groups in total. The van der Waals surface area contributed by atoms with Gasteiger partial charge in [-0.2, -0.15) is 0 Å². The summed E-state index contributed by atoms with van der Waals surface area (Å²) in [7, 11) is 1.56. The number of carbonyl (C=O) groups is 1. The van der Waals surface area contributed by atoms with Crippen LogP contribution in [-0.4, -0.2) is 18.1 Å². The van der Waals surface area contributed by atoms with Gasteiger partial charge in [-0.15, -0.1) is 0 Å². The second-order valence-electron chi connectivity index (χ2n) is 5.44. The predicted molar refractivity (Wildman–Crippen MR) is 102 cm³/mol. The van der Waals surface area contributed by atoms with Gasteiger partial charge >= 0.3 is 0 Å². The maximum atomic E-state index is 12.2. The quantitative estimate of drug-likeness (QED) is 0.774. The molecule has 126 valence electrons. The first-order chi connectivity index (χ1) is 11.6. The van der Waals surface area contributed by atoms with E-state index in [2.05, 4.69) is 29.7 Å². The molecule has 0 aliphatic heterocycles. The number of aryl methyl sites for hydroxylation is 1. The fourth-order valence-electron chi connectivity index (χ4n) is 2.24. The summed E-state index contributed by atoms with van der Waals surface area (Å²) in [4.78, 5) is 12.2. The lowest BCUT2D eigenvalue weighted by atomic mass is 10.1. The number of rotatable bonds is 6. The lowest BCUT2D eigenvalue weighted by Gasteiger charge is -2.10. The number of thiocarbonyl (C=S) groups is 1. The van der Waals surface area contributed by atoms with Crippen molar-refractivity contribution in [2.45, 2.75) is 26.2 Å². The Hall–Kier alpha value is -2.40. The van der Waals surface area contributed by atoms with Crippen molar-refractivity contribution >= 4 is 28.9 Å². The van der Waals surface area contributed by atoms with E-state index in [0.29, 0.717) is 11.3 Å². The molecule has 1 amide bonds. The standard InChI is InChI=1S/C19H22N2O2S/c1-3-4-6-14-9-11-16(12-10-14)20-19(24)21-18(22)15-7-5-8-17(13-15)23-2/h5,7-13H,3-4,6H2,1-2H3,(H2,20,21,22,24). The second-order valence-corrected chi connectivity index (χ2v) is 5.85. The molecule has 0 aliphatic carbocycles. The Kier molecular flexibility index (Phi) is 6.75. The number of methoxy groups -OCH3 is 1. The van der Waals surface area contributed by atoms with Crippen molar-refractivity contribution in [3.63, 3.8) is 0 Å². The summed E-state index contributed by atoms with van der Waals surface area (Å²) in [6.07, 6.45) is 3.44. The minimum Gasteiger partial charge on any atom is -0.497 e. The SMILES string of the molecule is CCCCc1ccc(NC(=S)NC(=O)c2cccc(OC)c2)cc1. The Morgan fingerprint density at radius 2 is 1.92 bits per heavy atom. The number of hydrogen-bond donors (Lipinski definition) is 2. The van der Waals surface area contributed by atoms with Crippen LogP contribution < -0.4 is 15.4 Å². The predicted octanol–water partition coefficient (Wildman–Crippen LogP) is 4.16. The molecule has 0 aliphatic rings. The van der Waals surface area contributed by atoms with E-state index in [0.717, 1.165) is 12.1 Å². The largest absolute Gasteiger partial charge is 0.497 e. The number of hydrogen-bond acceptors (Lipinski definition) is 3. The average molecular weight is 342 g/mol. The third-order valence-electron chi connectivity index (χ3n) is 3.59. The van der Waals surface area contributed by atoms with Crippen LogP contribution in [0, 0.1) is 0 Å². The van der Waals surface area contributed by atoms with Gasteiger partial charge in [-0.05, 0) is 61.0 Å². The number of amides is 1. The lowest BCUT2D eigenvalue weighted by Crippen LogP contribution is -2.34. The maximum absolute atomic E-state index is 12.2. The van der Waals surface area contributed by atoms with Crippen LogP contribution in [0.2, 0.25) is 0 Å². The first-order valence-corrected chi connectivity index (χ1v) is 8.38. The second kappa shape index (κ2) is 9.03. The van der Waals surface area contributed by atoms with E-state index in [9.17, 15) is 4.79 Å². The summed E-state index contributed by atoms with van der Waals surface area (Å²) in [5.74, 6) is 0.357. The van der Waals surface area contributed by atoms with Crippen LogP contribution in [-0.2, 0) is 6.42 Å². The Balaban J connectivity index is 1.91. The van der Waals surface area contributed by atoms with Crippen LogP contribution in [0.15, 0.2) is 48.5 Å². The van der Waals surface area contributed by atoms with Crippen LogP contribution in [0.3, 0.4) is 0 Å². The van der Waals surface area contributed by atoms with E-state index in [1.54, 1.807) is 31.4 Å². The fraction of sp³-hybridized carbons (Fsp3) is 0.263. The van der Waals surface area contributed by atoms with Crippen LogP contribution in [0.5, 0.6) is 5.75 Å². The highest BCUT2D eigenvalue weighted by atomic mass is 32.1. The molecule has 0 bridgehead atoms. The van der Waals surface area contributed by atoms with Gasteiger partial charge in [0.05, 0.1) is 7.11 Å². The molecule has 4 nitrogen and oxygen atoms in total. The minimum absolute atomic E-state index is 0.268. The van der Waals surface area contributed by atoms with Crippen LogP contribution in [0.25, 0.3) is 0 Å². The molecule has 0 aromatic heterocycles. The van der Waals surface area contributed by atoms with Crippen LogP contribution in [0.1, 0.15) is 35.7 Å². The van der Waals surface area contributed by atoms with Gasteiger partial charge in [-0.3, -0.25) is 10.1 Å². The van der Waals surface area contributed by atoms with Gasteiger partial charge in [0.25, 0.3) is 5.91 Å². The Morgan fingerprint density at radius 3 is 2.58 bits per heavy atom. The first-order valence-electron chi connectivity index (χ1n) is 7.97. The Bertz CT molecular complexity index is 699. The van der Waals surface area contributed by atoms with Crippen molar-refractivity contribution in [3.05, 3.63) is 59.7 Å². The van der Waals surface area contributed by atoms with Gasteiger partial charge in [-0.1, -0.05) is 31.5 Å². The van der Waals surface area contributed by atoms with Gasteiger partial charge in [0, 0.05) is 11.3 Å². The molecule has 0 atom stereocenters. The van der Waals surface area contributed by atoms with E-state index in [1.807, 2.05) is 12.1 Å². The smallest absolute Gasteiger partial charge is 0.257 e. The minimum atomic E-state index is -0.272. The topological polar surface area (TPSA) is 50.4 Å². The molecule has 2 aromatic rings. The summed E-state index contributed by atoms with van der Waals surface area (Å²) >= 11 is 5.20. The number of nitrogens with one attached hydrogen (secondary N) is 2. The normalized spacial score (nSPS) is 10.1. The van der Waals surface area contributed by atoms with Gasteiger partial charge in [0.1, 0.15) is 5.75 Å². The van der Waals surface area contributed by atoms with Crippen molar-refractivity contribution in [3.8, 4) is 5.75 Å². The van der Waals surface area contributed by atoms with Gasteiger partial charge in [0.15, 0.2) is 5.11 Å². The van der Waals surface area contributed by atoms with Gasteiger partial charge < -0.3 is 10.1 Å². The summed E-state index contributed by atoms with van der Waals surface area (Å²) in [5.41, 5.74) is 2.65. The number of anilines is 1. The number of benzene rings is 2. The van der Waals surface area contributed by atoms with Crippen LogP contribution in [0.4, 0.5) is 5.69 Å². The third kappa shape index (κ3) is 5.35. The van der Waals surface area contributed by atoms with Crippen LogP contribution >= 0.6 is 12.2 Å². The Morgan fingerprint density at radius 1 is 1.17 bits per heavy atom. The fourth-order valence-corrected chi connectivity index (χ4v) is 2.45. The zero-order valence-corrected chi connectivity index (χ0v) is 14.8. The molecule has 5 heteroatoms. The van der Waals surface area contributed by atoms with Gasteiger partial charge in [-0.25, -0.2) is 0 Å². The van der Waals surface area contributed by atoms with Crippen molar-refractivity contribution in [1.82, 2.24) is 5.32 Å². The summed E-state index contributed by atoms with van der Waals surface area (Å²) in [6, 6.07) is 15.0. The number of carbonyl (C=O) groups excluding carboxylic acids is 1. The van der Waals surface area contributed by atoms with Crippen molar-refractivity contribution < 1.29 is 9.53 Å². The monoisotopic (exact) mass is 342 g/mol. The molecular weight excluding hydrogens is 320 g/mol. The molecule has 0 heterocycles. The molecule has 0 radical (unpaired) electrons. The zero-order valence-electron chi connectivity index (χ0n) is 14.0. The highest BCUT2D eigenvalue weighted by molar-refractivity contribution is 7.80. The van der Waals surface area contributed by atoms with E-state index in [4.69, 9.17) is 17.0 Å². The van der Waals surface area contributed by atoms with E-state index < -0.39 is 0 Å².